The Bertz CT molecular complexity index is 265. The van der Waals surface area contributed by atoms with E-state index in [-0.39, 0.29) is 20.7 Å². The largest absolute Gasteiger partial charge is 0.312 e. The van der Waals surface area contributed by atoms with Crippen LogP contribution in [0.2, 0.25) is 0 Å². The average molecular weight is 322 g/mol. The van der Waals surface area contributed by atoms with Gasteiger partial charge in [0.05, 0.1) is 3.63 Å². The molecule has 2 aliphatic heterocycles. The molecule has 0 aliphatic carbocycles. The van der Waals surface area contributed by atoms with Crippen molar-refractivity contribution in [3.05, 3.63) is 9.15 Å². The third kappa shape index (κ3) is 5.02. The molecule has 88 valence electrons. The van der Waals surface area contributed by atoms with Crippen LogP contribution < -0.4 is 5.32 Å². The number of halogens is 1. The van der Waals surface area contributed by atoms with E-state index in [2.05, 4.69) is 17.2 Å². The number of rotatable bonds is 0. The van der Waals surface area contributed by atoms with E-state index in [4.69, 9.17) is 0 Å². The van der Waals surface area contributed by atoms with Crippen molar-refractivity contribution in [1.82, 2.24) is 5.32 Å². The highest BCUT2D eigenvalue weighted by molar-refractivity contribution is 14.2. The Morgan fingerprint density at radius 1 is 1.27 bits per heavy atom. The Kier molecular flexibility index (Phi) is 9.20. The van der Waals surface area contributed by atoms with E-state index in [1.54, 1.807) is 3.58 Å². The second-order valence-corrected chi connectivity index (χ2v) is 6.11. The van der Waals surface area contributed by atoms with Crippen LogP contribution in [0, 0.1) is 0 Å². The molecular weight excluding hydrogens is 299 g/mol. The Morgan fingerprint density at radius 3 is 2.60 bits per heavy atom. The second-order valence-electron chi connectivity index (χ2n) is 2.71. The van der Waals surface area contributed by atoms with Crippen LogP contribution in [0.3, 0.4) is 0 Å². The minimum Gasteiger partial charge on any atom is -0.312 e. The molecule has 3 heteroatoms. The minimum absolute atomic E-state index is 0.149. The molecule has 1 N–H and O–H groups in total. The number of nitrogens with zero attached hydrogens (tertiary/aromatic N) is 1. The fraction of sp³-hybridized carbons (Fsp3) is 0.667. The predicted molar refractivity (Wildman–Crippen MR) is 80.4 cm³/mol. The zero-order chi connectivity index (χ0) is 11.7. The third-order valence-corrected chi connectivity index (χ3v) is 4.78. The maximum absolute atomic E-state index is 4.36. The molecule has 0 unspecified atom stereocenters. The van der Waals surface area contributed by atoms with Gasteiger partial charge in [-0.15, -0.1) is 0 Å². The second kappa shape index (κ2) is 9.21. The number of hydrogen-bond donors (Lipinski definition) is 1. The van der Waals surface area contributed by atoms with E-state index in [0.29, 0.717) is 0 Å². The molecule has 0 aromatic carbocycles. The molecule has 0 amide bonds. The molecule has 0 saturated heterocycles. The molecule has 2 rings (SSSR count). The first-order chi connectivity index (χ1) is 7.36. The fourth-order valence-corrected chi connectivity index (χ4v) is 3.69. The van der Waals surface area contributed by atoms with Gasteiger partial charge in [0.1, 0.15) is 0 Å². The summed E-state index contributed by atoms with van der Waals surface area (Å²) in [5.74, 6) is 0. The van der Waals surface area contributed by atoms with Crippen molar-refractivity contribution >= 4 is 30.6 Å². The van der Waals surface area contributed by atoms with Crippen molar-refractivity contribution in [2.24, 2.45) is 4.99 Å². The summed E-state index contributed by atoms with van der Waals surface area (Å²) in [6, 6.07) is 0. The molecule has 0 bridgehead atoms. The van der Waals surface area contributed by atoms with E-state index >= 15 is 0 Å². The van der Waals surface area contributed by atoms with Crippen molar-refractivity contribution in [3.63, 3.8) is 0 Å². The van der Waals surface area contributed by atoms with Gasteiger partial charge in [0.15, 0.2) is 0 Å². The first-order valence-electron chi connectivity index (χ1n) is 5.81. The van der Waals surface area contributed by atoms with Crippen LogP contribution in [0.5, 0.6) is 0 Å². The summed E-state index contributed by atoms with van der Waals surface area (Å²) in [6.45, 7) is 12.4. The van der Waals surface area contributed by atoms with Gasteiger partial charge >= 0.3 is 0 Å². The monoisotopic (exact) mass is 322 g/mol. The van der Waals surface area contributed by atoms with Crippen LogP contribution >= 0.6 is 20.7 Å². The van der Waals surface area contributed by atoms with E-state index in [1.807, 2.05) is 33.9 Å². The Balaban J connectivity index is 0.000000442. The summed E-state index contributed by atoms with van der Waals surface area (Å²) in [5.41, 5.74) is 1.47. The third-order valence-electron chi connectivity index (χ3n) is 1.83. The van der Waals surface area contributed by atoms with Crippen LogP contribution in [0.25, 0.3) is 0 Å². The maximum atomic E-state index is 4.36. The van der Waals surface area contributed by atoms with Crippen molar-refractivity contribution in [1.29, 1.82) is 0 Å². The zero-order valence-electron chi connectivity index (χ0n) is 10.5. The molecule has 0 saturated carbocycles. The highest BCUT2D eigenvalue weighted by Gasteiger charge is 2.11. The summed E-state index contributed by atoms with van der Waals surface area (Å²) in [5, 5.41) is 3.36. The lowest BCUT2D eigenvalue weighted by molar-refractivity contribution is 0.715. The lowest BCUT2D eigenvalue weighted by Gasteiger charge is -2.18. The molecule has 0 radical (unpaired) electrons. The van der Waals surface area contributed by atoms with Crippen LogP contribution in [0.4, 0.5) is 0 Å². The van der Waals surface area contributed by atoms with Crippen LogP contribution in [0.15, 0.2) is 14.1 Å². The Hall–Kier alpha value is -0.0300. The van der Waals surface area contributed by atoms with Gasteiger partial charge in [-0.1, -0.05) is 48.4 Å². The molecule has 2 aliphatic rings. The summed E-state index contributed by atoms with van der Waals surface area (Å²) >= 11 is 0.149. The predicted octanol–water partition coefficient (Wildman–Crippen LogP) is 3.49. The van der Waals surface area contributed by atoms with Gasteiger partial charge in [0.2, 0.25) is 0 Å². The van der Waals surface area contributed by atoms with Gasteiger partial charge < -0.3 is 5.32 Å². The topological polar surface area (TPSA) is 24.4 Å². The molecule has 0 aromatic heterocycles. The molecule has 0 spiro atoms. The Labute approximate surface area is 104 Å². The normalized spacial score (nSPS) is 18.3. The molecule has 15 heavy (non-hydrogen) atoms. The van der Waals surface area contributed by atoms with Gasteiger partial charge in [-0.3, -0.25) is 4.99 Å². The van der Waals surface area contributed by atoms with E-state index in [9.17, 15) is 0 Å². The van der Waals surface area contributed by atoms with Crippen molar-refractivity contribution in [2.45, 2.75) is 41.0 Å². The van der Waals surface area contributed by atoms with Gasteiger partial charge in [-0.05, 0) is 29.0 Å². The van der Waals surface area contributed by atoms with Crippen molar-refractivity contribution in [3.8, 4) is 0 Å². The van der Waals surface area contributed by atoms with Crippen LogP contribution in [-0.2, 0) is 0 Å². The average Bonchev–Trinajstić information content (AvgIpc) is 2.34. The maximum Gasteiger partial charge on any atom is 0.0701 e. The summed E-state index contributed by atoms with van der Waals surface area (Å²) in [4.78, 5) is 4.36. The Morgan fingerprint density at radius 2 is 1.93 bits per heavy atom. The smallest absolute Gasteiger partial charge is 0.0701 e. The summed E-state index contributed by atoms with van der Waals surface area (Å²) in [7, 11) is 0. The molecular formula is C12H23IN2. The number of nitrogens with one attached hydrogen (secondary N) is 1. The zero-order valence-corrected chi connectivity index (χ0v) is 12.7. The lowest BCUT2D eigenvalue weighted by Crippen LogP contribution is -2.25. The molecule has 0 atom stereocenters. The van der Waals surface area contributed by atoms with Gasteiger partial charge in [-0.25, -0.2) is 0 Å². The summed E-state index contributed by atoms with van der Waals surface area (Å²) in [6.07, 6.45) is 3.30. The number of aliphatic imine (C=N–C) groups is 1. The molecule has 2 heterocycles. The summed E-state index contributed by atoms with van der Waals surface area (Å²) < 4.78 is 3.07. The first kappa shape index (κ1) is 15.0. The van der Waals surface area contributed by atoms with E-state index in [0.717, 1.165) is 6.54 Å². The highest BCUT2D eigenvalue weighted by atomic mass is 127. The van der Waals surface area contributed by atoms with Crippen LogP contribution in [0.1, 0.15) is 41.0 Å². The molecule has 0 aromatic rings. The van der Waals surface area contributed by atoms with Gasteiger partial charge in [0, 0.05) is 12.8 Å². The number of hydrogen-bond acceptors (Lipinski definition) is 2. The SMILES string of the molecule is CC.CC.CC1=IC2=C(C=N1)CNCC2. The lowest BCUT2D eigenvalue weighted by atomic mass is 10.2. The first-order valence-corrected chi connectivity index (χ1v) is 7.97. The molecule has 2 nitrogen and oxygen atoms in total. The fourth-order valence-electron chi connectivity index (χ4n) is 1.26. The minimum atomic E-state index is 0.149. The quantitative estimate of drug-likeness (QED) is 0.678. The van der Waals surface area contributed by atoms with E-state index in [1.165, 1.54) is 22.2 Å². The van der Waals surface area contributed by atoms with Crippen molar-refractivity contribution in [2.75, 3.05) is 13.1 Å². The van der Waals surface area contributed by atoms with Crippen molar-refractivity contribution < 1.29 is 0 Å². The molecule has 0 fully saturated rings. The van der Waals surface area contributed by atoms with Gasteiger partial charge in [-0.2, -0.15) is 0 Å². The van der Waals surface area contributed by atoms with Gasteiger partial charge in [0.25, 0.3) is 0 Å². The highest BCUT2D eigenvalue weighted by Crippen LogP contribution is 2.28. The standard InChI is InChI=1S/C8H11IN2.2C2H6/c1-6-9-8-2-3-10-4-7(8)5-11-6;2*1-2/h5,10H,2-4H2,1H3;2*1-2H3. The van der Waals surface area contributed by atoms with E-state index < -0.39 is 0 Å². The van der Waals surface area contributed by atoms with Crippen LogP contribution in [-0.4, -0.2) is 22.9 Å².